The number of benzene rings is 2. The number of hydrogen-bond donors (Lipinski definition) is 0. The van der Waals surface area contributed by atoms with Crippen LogP contribution in [-0.2, 0) is 6.42 Å². The Bertz CT molecular complexity index is 620. The number of ether oxygens (including phenoxy) is 1. The van der Waals surface area contributed by atoms with Crippen LogP contribution in [0.3, 0.4) is 0 Å². The lowest BCUT2D eigenvalue weighted by atomic mass is 9.88. The Hall–Kier alpha value is -1.80. The average molecular weight is 237 g/mol. The summed E-state index contributed by atoms with van der Waals surface area (Å²) in [5.74, 6) is 1.00. The minimum Gasteiger partial charge on any atom is -0.470 e. The lowest BCUT2D eigenvalue weighted by molar-refractivity contribution is 0.0333. The Labute approximate surface area is 107 Å². The van der Waals surface area contributed by atoms with Gasteiger partial charge in [-0.3, -0.25) is 4.90 Å². The van der Waals surface area contributed by atoms with Crippen LogP contribution in [0.2, 0.25) is 0 Å². The van der Waals surface area contributed by atoms with E-state index < -0.39 is 0 Å². The molecule has 2 aromatic rings. The first-order chi connectivity index (χ1) is 8.84. The quantitative estimate of drug-likeness (QED) is 0.697. The third-order valence-electron chi connectivity index (χ3n) is 3.99. The maximum absolute atomic E-state index is 6.18. The minimum absolute atomic E-state index is 0.0832. The zero-order valence-corrected chi connectivity index (χ0v) is 10.4. The van der Waals surface area contributed by atoms with Gasteiger partial charge in [0.1, 0.15) is 5.75 Å². The molecule has 0 radical (unpaired) electrons. The second-order valence-corrected chi connectivity index (χ2v) is 5.08. The molecular weight excluding hydrogens is 222 g/mol. The summed E-state index contributed by atoms with van der Waals surface area (Å²) in [7, 11) is 2.14. The van der Waals surface area contributed by atoms with Gasteiger partial charge in [-0.2, -0.15) is 0 Å². The van der Waals surface area contributed by atoms with Crippen molar-refractivity contribution in [2.75, 3.05) is 13.6 Å². The molecule has 18 heavy (non-hydrogen) atoms. The highest BCUT2D eigenvalue weighted by Gasteiger charge is 2.33. The summed E-state index contributed by atoms with van der Waals surface area (Å²) in [5.41, 5.74) is 5.36. The number of likely N-dealkylation sites (N-methyl/N-ethyl adjacent to an activating group) is 1. The van der Waals surface area contributed by atoms with Crippen molar-refractivity contribution in [3.63, 3.8) is 0 Å². The molecule has 0 bridgehead atoms. The van der Waals surface area contributed by atoms with Gasteiger partial charge in [-0.1, -0.05) is 36.4 Å². The van der Waals surface area contributed by atoms with Gasteiger partial charge in [0, 0.05) is 17.7 Å². The fourth-order valence-corrected chi connectivity index (χ4v) is 3.05. The predicted molar refractivity (Wildman–Crippen MR) is 71.6 cm³/mol. The first kappa shape index (κ1) is 10.2. The molecule has 0 amide bonds. The molecule has 4 rings (SSSR count). The van der Waals surface area contributed by atoms with E-state index in [0.717, 1.165) is 18.7 Å². The van der Waals surface area contributed by atoms with Gasteiger partial charge in [-0.25, -0.2) is 0 Å². The maximum atomic E-state index is 6.18. The van der Waals surface area contributed by atoms with Crippen LogP contribution in [0.25, 0.3) is 11.1 Å². The van der Waals surface area contributed by atoms with Crippen molar-refractivity contribution < 1.29 is 4.74 Å². The van der Waals surface area contributed by atoms with Gasteiger partial charge < -0.3 is 4.74 Å². The molecule has 1 atom stereocenters. The van der Waals surface area contributed by atoms with E-state index in [1.807, 2.05) is 6.07 Å². The lowest BCUT2D eigenvalue weighted by Crippen LogP contribution is -2.37. The van der Waals surface area contributed by atoms with Gasteiger partial charge in [0.15, 0.2) is 6.23 Å². The van der Waals surface area contributed by atoms with E-state index in [1.54, 1.807) is 0 Å². The zero-order chi connectivity index (χ0) is 12.1. The van der Waals surface area contributed by atoms with Gasteiger partial charge in [-0.05, 0) is 30.7 Å². The lowest BCUT2D eigenvalue weighted by Gasteiger charge is -2.39. The van der Waals surface area contributed by atoms with Gasteiger partial charge in [0.05, 0.1) is 0 Å². The summed E-state index contributed by atoms with van der Waals surface area (Å²) in [6.45, 7) is 1.06. The van der Waals surface area contributed by atoms with Crippen LogP contribution in [-0.4, -0.2) is 18.5 Å². The van der Waals surface area contributed by atoms with Crippen LogP contribution in [0, 0.1) is 0 Å². The molecular formula is C16H15NO. The summed E-state index contributed by atoms with van der Waals surface area (Å²) >= 11 is 0. The zero-order valence-electron chi connectivity index (χ0n) is 10.4. The summed E-state index contributed by atoms with van der Waals surface area (Å²) in [4.78, 5) is 2.29. The molecule has 2 nitrogen and oxygen atoms in total. The van der Waals surface area contributed by atoms with Gasteiger partial charge in [0.2, 0.25) is 0 Å². The van der Waals surface area contributed by atoms with E-state index in [0.29, 0.717) is 0 Å². The summed E-state index contributed by atoms with van der Waals surface area (Å²) in [6.07, 6.45) is 1.20. The molecule has 0 unspecified atom stereocenters. The van der Waals surface area contributed by atoms with Crippen LogP contribution in [0.1, 0.15) is 17.4 Å². The molecule has 2 aliphatic heterocycles. The first-order valence-electron chi connectivity index (χ1n) is 6.43. The van der Waals surface area contributed by atoms with Crippen molar-refractivity contribution in [2.24, 2.45) is 0 Å². The molecule has 0 saturated carbocycles. The number of hydrogen-bond acceptors (Lipinski definition) is 2. The number of para-hydroxylation sites is 1. The van der Waals surface area contributed by atoms with Gasteiger partial charge >= 0.3 is 0 Å². The van der Waals surface area contributed by atoms with Crippen molar-refractivity contribution >= 4 is 0 Å². The first-order valence-corrected chi connectivity index (χ1v) is 6.43. The normalized spacial score (nSPS) is 20.8. The maximum Gasteiger partial charge on any atom is 0.179 e. The highest BCUT2D eigenvalue weighted by molar-refractivity contribution is 5.76. The molecule has 0 fully saturated rings. The highest BCUT2D eigenvalue weighted by Crippen LogP contribution is 2.45. The summed E-state index contributed by atoms with van der Waals surface area (Å²) in [6, 6.07) is 14.9. The SMILES string of the molecule is CN1CCc2cccc3c2[C@H]1Oc1ccccc1-3. The Morgan fingerprint density at radius 1 is 1.06 bits per heavy atom. The minimum atomic E-state index is 0.0832. The molecule has 2 aromatic carbocycles. The van der Waals surface area contributed by atoms with Crippen LogP contribution in [0.5, 0.6) is 5.75 Å². The van der Waals surface area contributed by atoms with Crippen molar-refractivity contribution in [1.29, 1.82) is 0 Å². The molecule has 0 aromatic heterocycles. The Kier molecular flexibility index (Phi) is 2.03. The smallest absolute Gasteiger partial charge is 0.179 e. The van der Waals surface area contributed by atoms with Gasteiger partial charge in [-0.15, -0.1) is 0 Å². The standard InChI is InChI=1S/C16H15NO/c1-17-10-9-11-5-4-7-13-12-6-2-3-8-14(12)18-16(17)15(11)13/h2-8,16H,9-10H2,1H3/t16-/m1/s1. The molecule has 90 valence electrons. The molecule has 0 spiro atoms. The van der Waals surface area contributed by atoms with E-state index in [9.17, 15) is 0 Å². The Morgan fingerprint density at radius 3 is 2.83 bits per heavy atom. The second kappa shape index (κ2) is 3.59. The van der Waals surface area contributed by atoms with Gasteiger partial charge in [0.25, 0.3) is 0 Å². The van der Waals surface area contributed by atoms with Crippen LogP contribution >= 0.6 is 0 Å². The van der Waals surface area contributed by atoms with E-state index in [-0.39, 0.29) is 6.23 Å². The molecule has 2 aliphatic rings. The van der Waals surface area contributed by atoms with Crippen molar-refractivity contribution in [3.8, 4) is 16.9 Å². The van der Waals surface area contributed by atoms with Crippen LogP contribution < -0.4 is 4.74 Å². The topological polar surface area (TPSA) is 12.5 Å². The molecule has 0 aliphatic carbocycles. The number of nitrogens with zero attached hydrogens (tertiary/aromatic N) is 1. The highest BCUT2D eigenvalue weighted by atomic mass is 16.5. The Morgan fingerprint density at radius 2 is 1.89 bits per heavy atom. The fraction of sp³-hybridized carbons (Fsp3) is 0.250. The second-order valence-electron chi connectivity index (χ2n) is 5.08. The third kappa shape index (κ3) is 1.27. The molecule has 2 heterocycles. The Balaban J connectivity index is 2.03. The van der Waals surface area contributed by atoms with Crippen LogP contribution in [0.4, 0.5) is 0 Å². The average Bonchev–Trinajstić information content (AvgIpc) is 2.43. The third-order valence-corrected chi connectivity index (χ3v) is 3.99. The van der Waals surface area contributed by atoms with E-state index >= 15 is 0 Å². The van der Waals surface area contributed by atoms with Crippen molar-refractivity contribution in [1.82, 2.24) is 4.90 Å². The van der Waals surface area contributed by atoms with Crippen molar-refractivity contribution in [2.45, 2.75) is 12.6 Å². The van der Waals surface area contributed by atoms with Crippen LogP contribution in [0.15, 0.2) is 42.5 Å². The molecule has 0 N–H and O–H groups in total. The summed E-state index contributed by atoms with van der Waals surface area (Å²) in [5, 5.41) is 0. The largest absolute Gasteiger partial charge is 0.470 e. The summed E-state index contributed by atoms with van der Waals surface area (Å²) < 4.78 is 6.18. The monoisotopic (exact) mass is 237 g/mol. The van der Waals surface area contributed by atoms with Crippen molar-refractivity contribution in [3.05, 3.63) is 53.6 Å². The number of fused-ring (bicyclic) bond motifs is 2. The number of rotatable bonds is 0. The predicted octanol–water partition coefficient (Wildman–Crippen LogP) is 3.23. The molecule has 0 saturated heterocycles. The van der Waals surface area contributed by atoms with E-state index in [4.69, 9.17) is 4.74 Å². The van der Waals surface area contributed by atoms with E-state index in [2.05, 4.69) is 48.3 Å². The molecule has 2 heteroatoms. The van der Waals surface area contributed by atoms with E-state index in [1.165, 1.54) is 22.3 Å². The fourth-order valence-electron chi connectivity index (χ4n) is 3.05.